The lowest BCUT2D eigenvalue weighted by molar-refractivity contribution is -0.130. The Kier molecular flexibility index (Phi) is 4.77. The second kappa shape index (κ2) is 7.29. The van der Waals surface area contributed by atoms with Crippen molar-refractivity contribution in [2.45, 2.75) is 12.5 Å². The maximum absolute atomic E-state index is 13.4. The molecular weight excluding hydrogens is 386 g/mol. The summed E-state index contributed by atoms with van der Waals surface area (Å²) in [5.41, 5.74) is 1.77. The molecule has 2 aliphatic rings. The molecule has 8 heteroatoms. The van der Waals surface area contributed by atoms with Gasteiger partial charge >= 0.3 is 0 Å². The van der Waals surface area contributed by atoms with Gasteiger partial charge < -0.3 is 14.5 Å². The van der Waals surface area contributed by atoms with E-state index in [-0.39, 0.29) is 30.0 Å². The number of nitrogens with zero attached hydrogens (tertiary/aromatic N) is 3. The van der Waals surface area contributed by atoms with E-state index >= 15 is 0 Å². The van der Waals surface area contributed by atoms with Crippen LogP contribution in [-0.4, -0.2) is 67.2 Å². The van der Waals surface area contributed by atoms with Gasteiger partial charge in [0, 0.05) is 26.1 Å². The summed E-state index contributed by atoms with van der Waals surface area (Å²) < 4.78 is 5.45. The first-order valence-corrected chi connectivity index (χ1v) is 9.49. The van der Waals surface area contributed by atoms with Crippen LogP contribution in [0.4, 0.5) is 5.69 Å². The average Bonchev–Trinajstić information content (AvgIpc) is 2.99. The number of fused-ring (bicyclic) bond motifs is 2. The van der Waals surface area contributed by atoms with Gasteiger partial charge in [-0.1, -0.05) is 18.2 Å². The molecular formula is C22H21N3O5. The summed E-state index contributed by atoms with van der Waals surface area (Å²) in [6.07, 6.45) is 0.121. The van der Waals surface area contributed by atoms with Gasteiger partial charge in [-0.25, -0.2) is 0 Å². The van der Waals surface area contributed by atoms with Crippen molar-refractivity contribution >= 4 is 29.3 Å². The summed E-state index contributed by atoms with van der Waals surface area (Å²) in [4.78, 5) is 55.5. The first-order chi connectivity index (χ1) is 14.3. The van der Waals surface area contributed by atoms with Gasteiger partial charge in [0.1, 0.15) is 18.3 Å². The fourth-order valence-electron chi connectivity index (χ4n) is 3.92. The number of rotatable bonds is 4. The lowest BCUT2D eigenvalue weighted by Gasteiger charge is -2.37. The van der Waals surface area contributed by atoms with Crippen LogP contribution in [0, 0.1) is 0 Å². The third-order valence-corrected chi connectivity index (χ3v) is 5.50. The number of likely N-dealkylation sites (N-methyl/N-ethyl adjacent to an activating group) is 1. The third kappa shape index (κ3) is 2.92. The fraction of sp³-hybridized carbons (Fsp3) is 0.273. The SMILES string of the molecule is COc1cccc2c1CC(N1C(=O)c3ccccc3C1=O)C(=O)N2CC(=O)N(C)C. The van der Waals surface area contributed by atoms with Crippen LogP contribution < -0.4 is 9.64 Å². The fourth-order valence-corrected chi connectivity index (χ4v) is 3.92. The normalized spacial score (nSPS) is 17.7. The topological polar surface area (TPSA) is 87.2 Å². The molecule has 0 fully saturated rings. The summed E-state index contributed by atoms with van der Waals surface area (Å²) in [5.74, 6) is -1.23. The minimum atomic E-state index is -1.06. The van der Waals surface area contributed by atoms with Crippen LogP contribution >= 0.6 is 0 Å². The van der Waals surface area contributed by atoms with Crippen LogP contribution in [0.15, 0.2) is 42.5 Å². The lowest BCUT2D eigenvalue weighted by atomic mass is 9.94. The van der Waals surface area contributed by atoms with Crippen molar-refractivity contribution in [1.82, 2.24) is 9.80 Å². The van der Waals surface area contributed by atoms with E-state index in [1.54, 1.807) is 56.6 Å². The number of carbonyl (C=O) groups excluding carboxylic acids is 4. The van der Waals surface area contributed by atoms with Crippen molar-refractivity contribution in [1.29, 1.82) is 0 Å². The molecule has 0 saturated heterocycles. The van der Waals surface area contributed by atoms with Gasteiger partial charge in [-0.2, -0.15) is 0 Å². The molecule has 8 nitrogen and oxygen atoms in total. The molecule has 0 saturated carbocycles. The second-order valence-corrected chi connectivity index (χ2v) is 7.42. The number of anilines is 1. The number of hydrogen-bond donors (Lipinski definition) is 0. The largest absolute Gasteiger partial charge is 0.496 e. The first-order valence-electron chi connectivity index (χ1n) is 9.49. The van der Waals surface area contributed by atoms with Gasteiger partial charge in [0.25, 0.3) is 17.7 Å². The Labute approximate surface area is 173 Å². The molecule has 1 unspecified atom stereocenters. The minimum absolute atomic E-state index is 0.121. The standard InChI is InChI=1S/C22H21N3O5/c1-23(2)19(26)12-24-16-9-6-10-18(30-3)15(16)11-17(22(24)29)25-20(27)13-7-4-5-8-14(13)21(25)28/h4-10,17H,11-12H2,1-3H3. The average molecular weight is 407 g/mol. The highest BCUT2D eigenvalue weighted by Crippen LogP contribution is 2.38. The van der Waals surface area contributed by atoms with Gasteiger partial charge in [-0.05, 0) is 24.3 Å². The van der Waals surface area contributed by atoms with E-state index in [1.807, 2.05) is 0 Å². The summed E-state index contributed by atoms with van der Waals surface area (Å²) in [5, 5.41) is 0. The zero-order valence-electron chi connectivity index (χ0n) is 16.9. The van der Waals surface area contributed by atoms with Crippen LogP contribution in [0.25, 0.3) is 0 Å². The molecule has 4 rings (SSSR count). The van der Waals surface area contributed by atoms with Gasteiger partial charge in [-0.3, -0.25) is 24.1 Å². The van der Waals surface area contributed by atoms with Crippen molar-refractivity contribution < 1.29 is 23.9 Å². The highest BCUT2D eigenvalue weighted by Gasteiger charge is 2.47. The number of methoxy groups -OCH3 is 1. The summed E-state index contributed by atoms with van der Waals surface area (Å²) >= 11 is 0. The number of imide groups is 1. The Morgan fingerprint density at radius 2 is 1.67 bits per heavy atom. The van der Waals surface area contributed by atoms with Crippen molar-refractivity contribution in [3.63, 3.8) is 0 Å². The van der Waals surface area contributed by atoms with Crippen molar-refractivity contribution in [3.8, 4) is 5.75 Å². The zero-order chi connectivity index (χ0) is 21.6. The number of carbonyl (C=O) groups is 4. The van der Waals surface area contributed by atoms with Crippen LogP contribution in [0.2, 0.25) is 0 Å². The highest BCUT2D eigenvalue weighted by molar-refractivity contribution is 6.23. The third-order valence-electron chi connectivity index (χ3n) is 5.50. The van der Waals surface area contributed by atoms with Crippen LogP contribution in [-0.2, 0) is 16.0 Å². The molecule has 0 N–H and O–H groups in total. The maximum atomic E-state index is 13.4. The summed E-state index contributed by atoms with van der Waals surface area (Å²) in [6.45, 7) is -0.203. The smallest absolute Gasteiger partial charge is 0.262 e. The summed E-state index contributed by atoms with van der Waals surface area (Å²) in [6, 6.07) is 10.7. The van der Waals surface area contributed by atoms with Crippen LogP contribution in [0.5, 0.6) is 5.75 Å². The predicted octanol–water partition coefficient (Wildman–Crippen LogP) is 1.34. The predicted molar refractivity (Wildman–Crippen MR) is 108 cm³/mol. The maximum Gasteiger partial charge on any atom is 0.262 e. The molecule has 2 heterocycles. The Balaban J connectivity index is 1.79. The van der Waals surface area contributed by atoms with Crippen molar-refractivity contribution in [3.05, 3.63) is 59.2 Å². The van der Waals surface area contributed by atoms with Gasteiger partial charge in [-0.15, -0.1) is 0 Å². The van der Waals surface area contributed by atoms with E-state index in [1.165, 1.54) is 16.9 Å². The first kappa shape index (κ1) is 19.6. The minimum Gasteiger partial charge on any atom is -0.496 e. The monoisotopic (exact) mass is 407 g/mol. The number of amides is 4. The molecule has 0 aliphatic carbocycles. The molecule has 154 valence electrons. The van der Waals surface area contributed by atoms with Gasteiger partial charge in [0.05, 0.1) is 23.9 Å². The highest BCUT2D eigenvalue weighted by atomic mass is 16.5. The lowest BCUT2D eigenvalue weighted by Crippen LogP contribution is -2.56. The molecule has 2 aliphatic heterocycles. The molecule has 2 aromatic carbocycles. The van der Waals surface area contributed by atoms with Crippen LogP contribution in [0.1, 0.15) is 26.3 Å². The molecule has 1 atom stereocenters. The molecule has 2 aromatic rings. The Bertz CT molecular complexity index is 1040. The number of ether oxygens (including phenoxy) is 1. The molecule has 0 bridgehead atoms. The Morgan fingerprint density at radius 3 is 2.23 bits per heavy atom. The molecule has 4 amide bonds. The molecule has 0 radical (unpaired) electrons. The Hall–Kier alpha value is -3.68. The molecule has 0 aromatic heterocycles. The van der Waals surface area contributed by atoms with E-state index in [2.05, 4.69) is 0 Å². The van der Waals surface area contributed by atoms with Gasteiger partial charge in [0.2, 0.25) is 5.91 Å². The van der Waals surface area contributed by atoms with E-state index < -0.39 is 23.8 Å². The van der Waals surface area contributed by atoms with Crippen molar-refractivity contribution in [2.75, 3.05) is 32.6 Å². The van der Waals surface area contributed by atoms with E-state index in [4.69, 9.17) is 4.74 Å². The number of hydrogen-bond acceptors (Lipinski definition) is 5. The quantitative estimate of drug-likeness (QED) is 0.714. The Morgan fingerprint density at radius 1 is 1.03 bits per heavy atom. The van der Waals surface area contributed by atoms with E-state index in [9.17, 15) is 19.2 Å². The molecule has 30 heavy (non-hydrogen) atoms. The van der Waals surface area contributed by atoms with Gasteiger partial charge in [0.15, 0.2) is 0 Å². The second-order valence-electron chi connectivity index (χ2n) is 7.42. The zero-order valence-corrected chi connectivity index (χ0v) is 16.9. The van der Waals surface area contributed by atoms with Crippen LogP contribution in [0.3, 0.4) is 0 Å². The summed E-state index contributed by atoms with van der Waals surface area (Å²) in [7, 11) is 4.72. The molecule has 0 spiro atoms. The van der Waals surface area contributed by atoms with Crippen molar-refractivity contribution in [2.24, 2.45) is 0 Å². The number of benzene rings is 2. The van der Waals surface area contributed by atoms with E-state index in [0.717, 1.165) is 4.90 Å². The van der Waals surface area contributed by atoms with E-state index in [0.29, 0.717) is 17.0 Å².